The number of thiophene rings is 1. The van der Waals surface area contributed by atoms with Crippen LogP contribution in [0.1, 0.15) is 131 Å². The molecule has 3 aromatic carbocycles. The number of nitrogens with zero attached hydrogens (tertiary/aromatic N) is 1. The zero-order valence-corrected chi connectivity index (χ0v) is 40.1. The average Bonchev–Trinajstić information content (AvgIpc) is 3.67. The van der Waals surface area contributed by atoms with Crippen molar-refractivity contribution >= 4 is 48.9 Å². The molecule has 0 saturated heterocycles. The molecule has 0 aliphatic heterocycles. The van der Waals surface area contributed by atoms with Crippen molar-refractivity contribution in [2.24, 2.45) is 16.2 Å². The number of allylic oxidation sites excluding steroid dienone is 2. The number of carbonyl (C=O) groups excluding carboxylic acids is 1. The van der Waals surface area contributed by atoms with E-state index in [2.05, 4.69) is 116 Å². The third-order valence-electron chi connectivity index (χ3n) is 12.3. The number of ketones is 1. The van der Waals surface area contributed by atoms with Crippen molar-refractivity contribution in [3.8, 4) is 21.7 Å². The van der Waals surface area contributed by atoms with Gasteiger partial charge in [-0.3, -0.25) is 9.78 Å². The van der Waals surface area contributed by atoms with E-state index in [1.807, 2.05) is 59.1 Å². The Morgan fingerprint density at radius 3 is 2.04 bits per heavy atom. The molecular weight excluding hydrogens is 899 g/mol. The fourth-order valence-electron chi connectivity index (χ4n) is 7.34. The maximum Gasteiger partial charge on any atom is 0.164 e. The summed E-state index contributed by atoms with van der Waals surface area (Å²) < 4.78 is 7.63. The number of carbonyl (C=O) groups is 1. The van der Waals surface area contributed by atoms with E-state index < -0.39 is 0 Å². The Kier molecular flexibility index (Phi) is 14.3. The Labute approximate surface area is 359 Å². The SMILES string of the molecule is CCC(C)(CC)C(=O)/C=C(\O)C(C)(CC)CC.Cc1c(CC(C)(C)C)oc2cc(-c3sc4c(-c5[c-]c6ccccc6c(C(C)(C)C)c5)nccc4c3C)ccc12.[Ir]. The Morgan fingerprint density at radius 2 is 1.44 bits per heavy atom. The van der Waals surface area contributed by atoms with Crippen LogP contribution in [0.2, 0.25) is 0 Å². The molecule has 6 heteroatoms. The van der Waals surface area contributed by atoms with Gasteiger partial charge in [0.2, 0.25) is 0 Å². The zero-order valence-electron chi connectivity index (χ0n) is 36.8. The van der Waals surface area contributed by atoms with Crippen LogP contribution in [0.5, 0.6) is 0 Å². The van der Waals surface area contributed by atoms with Crippen LogP contribution >= 0.6 is 11.3 Å². The molecule has 0 bridgehead atoms. The summed E-state index contributed by atoms with van der Waals surface area (Å²) in [6, 6.07) is 23.4. The molecule has 0 amide bonds. The van der Waals surface area contributed by atoms with Crippen molar-refractivity contribution in [1.29, 1.82) is 0 Å². The first-order valence-electron chi connectivity index (χ1n) is 20.5. The molecule has 3 heterocycles. The third-order valence-corrected chi connectivity index (χ3v) is 13.6. The molecule has 1 N–H and O–H groups in total. The number of pyridine rings is 1. The maximum atomic E-state index is 12.2. The predicted octanol–water partition coefficient (Wildman–Crippen LogP) is 15.5. The topological polar surface area (TPSA) is 63.3 Å². The van der Waals surface area contributed by atoms with E-state index >= 15 is 0 Å². The van der Waals surface area contributed by atoms with Gasteiger partial charge in [-0.1, -0.05) is 124 Å². The fraction of sp³-hybridized carbons (Fsp3) is 0.451. The largest absolute Gasteiger partial charge is 0.512 e. The summed E-state index contributed by atoms with van der Waals surface area (Å²) in [7, 11) is 0. The molecule has 0 fully saturated rings. The first-order valence-corrected chi connectivity index (χ1v) is 21.3. The molecule has 0 aliphatic rings. The summed E-state index contributed by atoms with van der Waals surface area (Å²) in [5.74, 6) is 1.38. The van der Waals surface area contributed by atoms with E-state index in [1.54, 1.807) is 0 Å². The molecule has 0 saturated carbocycles. The third kappa shape index (κ3) is 9.67. The number of aliphatic hydroxyl groups is 1. The summed E-state index contributed by atoms with van der Waals surface area (Å²) in [6.07, 6.45) is 7.63. The minimum atomic E-state index is -0.337. The maximum absolute atomic E-state index is 12.2. The van der Waals surface area contributed by atoms with E-state index in [-0.39, 0.29) is 53.3 Å². The summed E-state index contributed by atoms with van der Waals surface area (Å²) in [5.41, 5.74) is 7.68. The molecule has 0 aliphatic carbocycles. The van der Waals surface area contributed by atoms with Gasteiger partial charge in [-0.15, -0.1) is 40.5 Å². The molecule has 3 aromatic heterocycles. The summed E-state index contributed by atoms with van der Waals surface area (Å²) in [4.78, 5) is 18.4. The van der Waals surface area contributed by atoms with Crippen LogP contribution in [0.3, 0.4) is 0 Å². The van der Waals surface area contributed by atoms with E-state index in [0.29, 0.717) is 0 Å². The van der Waals surface area contributed by atoms with Gasteiger partial charge in [-0.05, 0) is 84.6 Å². The van der Waals surface area contributed by atoms with Crippen molar-refractivity contribution in [1.82, 2.24) is 4.98 Å². The van der Waals surface area contributed by atoms with Gasteiger partial charge in [0.15, 0.2) is 5.78 Å². The molecule has 0 unspecified atom stereocenters. The van der Waals surface area contributed by atoms with Gasteiger partial charge < -0.3 is 9.52 Å². The molecule has 6 aromatic rings. The van der Waals surface area contributed by atoms with Crippen molar-refractivity contribution in [2.75, 3.05) is 0 Å². The first-order chi connectivity index (χ1) is 26.2. The number of hydrogen-bond donors (Lipinski definition) is 1. The van der Waals surface area contributed by atoms with Gasteiger partial charge in [-0.2, -0.15) is 0 Å². The molecule has 307 valence electrons. The van der Waals surface area contributed by atoms with Crippen LogP contribution in [-0.4, -0.2) is 15.9 Å². The quantitative estimate of drug-likeness (QED) is 0.0844. The average molecular weight is 963 g/mol. The van der Waals surface area contributed by atoms with E-state index in [1.165, 1.54) is 54.1 Å². The van der Waals surface area contributed by atoms with Gasteiger partial charge >= 0.3 is 0 Å². The molecule has 0 spiro atoms. The molecular formula is C51H64IrNO3S-. The van der Waals surface area contributed by atoms with Crippen molar-refractivity contribution in [3.05, 3.63) is 101 Å². The minimum absolute atomic E-state index is 0. The molecule has 4 nitrogen and oxygen atoms in total. The zero-order chi connectivity index (χ0) is 41.4. The Hall–Kier alpha value is -3.57. The van der Waals surface area contributed by atoms with Gasteiger partial charge in [0.25, 0.3) is 0 Å². The number of aliphatic hydroxyl groups excluding tert-OH is 1. The van der Waals surface area contributed by atoms with Crippen LogP contribution in [-0.2, 0) is 36.7 Å². The Balaban J connectivity index is 0.000000341. The standard InChI is InChI=1S/C36H36NOS.C15H28O2.Ir/c1-21-26-14-13-24(19-30(26)38-31(21)20-35(3,4)5)33-22(2)27-15-16-37-32(34(27)39-33)25-17-23-11-9-10-12-28(23)29(18-25)36(6,7)8;1-7-14(5,8-2)12(16)11-13(17)15(6,9-3)10-4;/h9-16,18-19H,20H2,1-8H3;11,16H,7-10H2,1-6H3;/q-1;;/b;12-11-;. The van der Waals surface area contributed by atoms with Crippen molar-refractivity contribution < 1.29 is 34.4 Å². The minimum Gasteiger partial charge on any atom is -0.512 e. The second kappa shape index (κ2) is 17.7. The summed E-state index contributed by atoms with van der Waals surface area (Å²) >= 11 is 1.82. The van der Waals surface area contributed by atoms with Gasteiger partial charge in [0, 0.05) is 70.3 Å². The second-order valence-electron chi connectivity index (χ2n) is 18.5. The van der Waals surface area contributed by atoms with Crippen LogP contribution in [0.25, 0.3) is 53.5 Å². The van der Waals surface area contributed by atoms with Gasteiger partial charge in [0.05, 0.1) is 0 Å². The smallest absolute Gasteiger partial charge is 0.164 e. The first kappa shape index (κ1) is 46.1. The number of aryl methyl sites for hydroxylation is 2. The van der Waals surface area contributed by atoms with E-state index in [4.69, 9.17) is 9.40 Å². The van der Waals surface area contributed by atoms with E-state index in [0.717, 1.165) is 60.1 Å². The number of aromatic nitrogens is 1. The monoisotopic (exact) mass is 963 g/mol. The van der Waals surface area contributed by atoms with Crippen LogP contribution in [0.4, 0.5) is 0 Å². The Morgan fingerprint density at radius 1 is 0.807 bits per heavy atom. The number of benzene rings is 3. The van der Waals surface area contributed by atoms with Crippen molar-refractivity contribution in [3.63, 3.8) is 0 Å². The van der Waals surface area contributed by atoms with Gasteiger partial charge in [0.1, 0.15) is 17.1 Å². The normalized spacial score (nSPS) is 12.8. The molecule has 0 atom stereocenters. The molecule has 57 heavy (non-hydrogen) atoms. The number of fused-ring (bicyclic) bond motifs is 3. The van der Waals surface area contributed by atoms with Crippen LogP contribution in [0.15, 0.2) is 77.0 Å². The predicted molar refractivity (Wildman–Crippen MR) is 241 cm³/mol. The molecule has 1 radical (unpaired) electrons. The number of furan rings is 1. The Bertz CT molecular complexity index is 2390. The number of hydrogen-bond acceptors (Lipinski definition) is 5. The van der Waals surface area contributed by atoms with Gasteiger partial charge in [-0.25, -0.2) is 0 Å². The fourth-order valence-corrected chi connectivity index (χ4v) is 8.65. The van der Waals surface area contributed by atoms with Crippen molar-refractivity contribution in [2.45, 2.75) is 134 Å². The summed E-state index contributed by atoms with van der Waals surface area (Å²) in [5, 5.41) is 15.0. The number of rotatable bonds is 10. The molecule has 6 rings (SSSR count). The van der Waals surface area contributed by atoms with E-state index in [9.17, 15) is 9.90 Å². The summed E-state index contributed by atoms with van der Waals surface area (Å²) in [6.45, 7) is 30.1. The van der Waals surface area contributed by atoms with Crippen LogP contribution < -0.4 is 0 Å². The second-order valence-corrected chi connectivity index (χ2v) is 19.5. The van der Waals surface area contributed by atoms with Crippen LogP contribution in [0, 0.1) is 36.2 Å².